The largest absolute Gasteiger partial charge is 0.342 e. The maximum atomic E-state index is 12.9. The zero-order chi connectivity index (χ0) is 19.9. The standard InChI is InChI=1S/C20H24N4O4/c1-2-13-3-5-15(6-4-13)24-12-14(11-16(24)25)17(26)23-9-7-20(8-10-23)18(27)21-19(28)22-20/h3-6,14H,2,7-12H2,1H3,(H2,21,22,27,28). The molecule has 148 valence electrons. The monoisotopic (exact) mass is 384 g/mol. The second-order valence-electron chi connectivity index (χ2n) is 7.74. The number of hydrogen-bond acceptors (Lipinski definition) is 4. The highest BCUT2D eigenvalue weighted by molar-refractivity contribution is 6.07. The van der Waals surface area contributed by atoms with Crippen molar-refractivity contribution in [2.75, 3.05) is 24.5 Å². The summed E-state index contributed by atoms with van der Waals surface area (Å²) in [7, 11) is 0. The van der Waals surface area contributed by atoms with Crippen LogP contribution in [0.15, 0.2) is 24.3 Å². The molecule has 1 aromatic rings. The van der Waals surface area contributed by atoms with E-state index in [1.807, 2.05) is 24.3 Å². The number of nitrogens with one attached hydrogen (secondary N) is 2. The van der Waals surface area contributed by atoms with E-state index in [-0.39, 0.29) is 30.1 Å². The minimum Gasteiger partial charge on any atom is -0.342 e. The maximum Gasteiger partial charge on any atom is 0.322 e. The average Bonchev–Trinajstić information content (AvgIpc) is 3.21. The van der Waals surface area contributed by atoms with E-state index in [2.05, 4.69) is 17.6 Å². The molecule has 1 atom stereocenters. The summed E-state index contributed by atoms with van der Waals surface area (Å²) in [6, 6.07) is 7.38. The molecule has 1 spiro atoms. The summed E-state index contributed by atoms with van der Waals surface area (Å²) in [6.45, 7) is 3.24. The van der Waals surface area contributed by atoms with Gasteiger partial charge in [-0.05, 0) is 37.0 Å². The molecule has 0 radical (unpaired) electrons. The van der Waals surface area contributed by atoms with Crippen LogP contribution in [0.4, 0.5) is 10.5 Å². The molecule has 3 heterocycles. The molecular formula is C20H24N4O4. The number of anilines is 1. The summed E-state index contributed by atoms with van der Waals surface area (Å²) in [5.41, 5.74) is 1.13. The number of carbonyl (C=O) groups is 4. The molecule has 1 unspecified atom stereocenters. The number of rotatable bonds is 3. The Morgan fingerprint density at radius 3 is 2.39 bits per heavy atom. The van der Waals surface area contributed by atoms with Crippen molar-refractivity contribution in [1.82, 2.24) is 15.5 Å². The van der Waals surface area contributed by atoms with Gasteiger partial charge in [0.15, 0.2) is 0 Å². The van der Waals surface area contributed by atoms with Gasteiger partial charge in [-0.15, -0.1) is 0 Å². The van der Waals surface area contributed by atoms with E-state index in [1.165, 1.54) is 5.56 Å². The summed E-state index contributed by atoms with van der Waals surface area (Å²) in [6.07, 6.45) is 1.91. The molecule has 4 rings (SSSR count). The van der Waals surface area contributed by atoms with E-state index in [4.69, 9.17) is 0 Å². The molecule has 28 heavy (non-hydrogen) atoms. The summed E-state index contributed by atoms with van der Waals surface area (Å²) < 4.78 is 0. The minimum atomic E-state index is -0.896. The third-order valence-corrected chi connectivity index (χ3v) is 6.07. The lowest BCUT2D eigenvalue weighted by molar-refractivity contribution is -0.139. The number of aryl methyl sites for hydroxylation is 1. The van der Waals surface area contributed by atoms with Gasteiger partial charge in [-0.25, -0.2) is 4.79 Å². The van der Waals surface area contributed by atoms with Gasteiger partial charge < -0.3 is 15.1 Å². The molecule has 0 aliphatic carbocycles. The van der Waals surface area contributed by atoms with Crippen molar-refractivity contribution in [1.29, 1.82) is 0 Å². The minimum absolute atomic E-state index is 0.0430. The number of amides is 5. The molecule has 3 fully saturated rings. The number of hydrogen-bond donors (Lipinski definition) is 2. The Bertz CT molecular complexity index is 827. The van der Waals surface area contributed by atoms with E-state index in [1.54, 1.807) is 9.80 Å². The van der Waals surface area contributed by atoms with Crippen LogP contribution in [0.5, 0.6) is 0 Å². The Labute approximate surface area is 163 Å². The van der Waals surface area contributed by atoms with Crippen molar-refractivity contribution in [2.24, 2.45) is 5.92 Å². The Balaban J connectivity index is 1.39. The van der Waals surface area contributed by atoms with Gasteiger partial charge in [-0.3, -0.25) is 19.7 Å². The Kier molecular flexibility index (Phi) is 4.56. The van der Waals surface area contributed by atoms with Crippen molar-refractivity contribution in [2.45, 2.75) is 38.1 Å². The van der Waals surface area contributed by atoms with E-state index >= 15 is 0 Å². The number of imide groups is 1. The number of carbonyl (C=O) groups excluding carboxylic acids is 4. The summed E-state index contributed by atoms with van der Waals surface area (Å²) in [4.78, 5) is 52.3. The molecule has 8 heteroatoms. The van der Waals surface area contributed by atoms with Crippen molar-refractivity contribution in [3.63, 3.8) is 0 Å². The van der Waals surface area contributed by atoms with Crippen molar-refractivity contribution in [3.8, 4) is 0 Å². The smallest absolute Gasteiger partial charge is 0.322 e. The van der Waals surface area contributed by atoms with Gasteiger partial charge in [0.25, 0.3) is 5.91 Å². The maximum absolute atomic E-state index is 12.9. The Morgan fingerprint density at radius 2 is 1.82 bits per heavy atom. The quantitative estimate of drug-likeness (QED) is 0.753. The number of nitrogens with zero attached hydrogens (tertiary/aromatic N) is 2. The van der Waals surface area contributed by atoms with Crippen LogP contribution in [-0.4, -0.2) is 53.8 Å². The van der Waals surface area contributed by atoms with Gasteiger partial charge in [0.2, 0.25) is 11.8 Å². The van der Waals surface area contributed by atoms with Gasteiger partial charge in [0.05, 0.1) is 5.92 Å². The highest BCUT2D eigenvalue weighted by Gasteiger charge is 2.49. The fraction of sp³-hybridized carbons (Fsp3) is 0.500. The first-order chi connectivity index (χ1) is 13.4. The predicted molar refractivity (Wildman–Crippen MR) is 101 cm³/mol. The first kappa shape index (κ1) is 18.5. The summed E-state index contributed by atoms with van der Waals surface area (Å²) >= 11 is 0. The first-order valence-corrected chi connectivity index (χ1v) is 9.73. The molecule has 3 aliphatic heterocycles. The van der Waals surface area contributed by atoms with Gasteiger partial charge >= 0.3 is 6.03 Å². The normalized spacial score (nSPS) is 23.9. The van der Waals surface area contributed by atoms with Crippen LogP contribution in [0.3, 0.4) is 0 Å². The molecule has 5 amide bonds. The highest BCUT2D eigenvalue weighted by Crippen LogP contribution is 2.30. The Morgan fingerprint density at radius 1 is 1.14 bits per heavy atom. The molecule has 3 saturated heterocycles. The van der Waals surface area contributed by atoms with E-state index < -0.39 is 11.6 Å². The van der Waals surface area contributed by atoms with Crippen molar-refractivity contribution in [3.05, 3.63) is 29.8 Å². The van der Waals surface area contributed by atoms with Gasteiger partial charge in [-0.2, -0.15) is 0 Å². The van der Waals surface area contributed by atoms with Crippen LogP contribution < -0.4 is 15.5 Å². The second kappa shape index (κ2) is 6.92. The molecular weight excluding hydrogens is 360 g/mol. The van der Waals surface area contributed by atoms with Crippen LogP contribution in [0.1, 0.15) is 31.7 Å². The zero-order valence-electron chi connectivity index (χ0n) is 15.9. The Hall–Kier alpha value is -2.90. The molecule has 1 aromatic carbocycles. The van der Waals surface area contributed by atoms with E-state index in [0.29, 0.717) is 32.5 Å². The zero-order valence-corrected chi connectivity index (χ0v) is 15.9. The topological polar surface area (TPSA) is 98.8 Å². The number of piperidine rings is 1. The molecule has 3 aliphatic rings. The average molecular weight is 384 g/mol. The van der Waals surface area contributed by atoms with Crippen LogP contribution in [0.2, 0.25) is 0 Å². The van der Waals surface area contributed by atoms with Gasteiger partial charge in [0.1, 0.15) is 5.54 Å². The fourth-order valence-electron chi connectivity index (χ4n) is 4.28. The van der Waals surface area contributed by atoms with E-state index in [0.717, 1.165) is 12.1 Å². The highest BCUT2D eigenvalue weighted by atomic mass is 16.2. The first-order valence-electron chi connectivity index (χ1n) is 9.73. The summed E-state index contributed by atoms with van der Waals surface area (Å²) in [5, 5.41) is 4.96. The fourth-order valence-corrected chi connectivity index (χ4v) is 4.28. The predicted octanol–water partition coefficient (Wildman–Crippen LogP) is 0.802. The lowest BCUT2D eigenvalue weighted by atomic mass is 9.87. The molecule has 0 aromatic heterocycles. The molecule has 0 saturated carbocycles. The molecule has 0 bridgehead atoms. The van der Waals surface area contributed by atoms with Crippen LogP contribution in [0, 0.1) is 5.92 Å². The van der Waals surface area contributed by atoms with Crippen molar-refractivity contribution < 1.29 is 19.2 Å². The molecule has 8 nitrogen and oxygen atoms in total. The number of benzene rings is 1. The lowest BCUT2D eigenvalue weighted by Gasteiger charge is -2.37. The number of likely N-dealkylation sites (tertiary alicyclic amines) is 1. The van der Waals surface area contributed by atoms with Crippen LogP contribution in [-0.2, 0) is 20.8 Å². The van der Waals surface area contributed by atoms with E-state index in [9.17, 15) is 19.2 Å². The third-order valence-electron chi connectivity index (χ3n) is 6.07. The number of urea groups is 1. The SMILES string of the molecule is CCc1ccc(N2CC(C(=O)N3CCC4(CC3)NC(=O)NC4=O)CC2=O)cc1. The molecule has 2 N–H and O–H groups in total. The second-order valence-corrected chi connectivity index (χ2v) is 7.74. The van der Waals surface area contributed by atoms with Crippen molar-refractivity contribution >= 4 is 29.4 Å². The lowest BCUT2D eigenvalue weighted by Crippen LogP contribution is -2.56. The van der Waals surface area contributed by atoms with Crippen LogP contribution in [0.25, 0.3) is 0 Å². The van der Waals surface area contributed by atoms with Gasteiger partial charge in [-0.1, -0.05) is 19.1 Å². The third kappa shape index (κ3) is 3.12. The van der Waals surface area contributed by atoms with Crippen LogP contribution >= 0.6 is 0 Å². The van der Waals surface area contributed by atoms with Gasteiger partial charge in [0, 0.05) is 31.7 Å². The summed E-state index contributed by atoms with van der Waals surface area (Å²) in [5.74, 6) is -0.791.